The van der Waals surface area contributed by atoms with Gasteiger partial charge in [-0.2, -0.15) is 5.10 Å². The molecule has 0 bridgehead atoms. The number of rotatable bonds is 4. The number of benzene rings is 1. The van der Waals surface area contributed by atoms with E-state index >= 15 is 0 Å². The van der Waals surface area contributed by atoms with Crippen molar-refractivity contribution < 1.29 is 9.53 Å². The maximum Gasteiger partial charge on any atom is 0.257 e. The van der Waals surface area contributed by atoms with E-state index in [1.54, 1.807) is 11.3 Å². The minimum atomic E-state index is -0.113. The molecule has 1 N–H and O–H groups in total. The SMILES string of the molecule is CCc1cc(C(=O)Nc2nn(C)c3cccc(N4CCOCC4)c23)cs1. The van der Waals surface area contributed by atoms with E-state index in [4.69, 9.17) is 4.74 Å². The minimum Gasteiger partial charge on any atom is -0.378 e. The van der Waals surface area contributed by atoms with Crippen LogP contribution in [-0.4, -0.2) is 42.0 Å². The fraction of sp³-hybridized carbons (Fsp3) is 0.368. The molecule has 0 saturated carbocycles. The smallest absolute Gasteiger partial charge is 0.257 e. The molecule has 7 heteroatoms. The number of anilines is 2. The Bertz CT molecular complexity index is 940. The number of fused-ring (bicyclic) bond motifs is 1. The zero-order valence-electron chi connectivity index (χ0n) is 15.0. The van der Waals surface area contributed by atoms with Crippen LogP contribution in [0.3, 0.4) is 0 Å². The van der Waals surface area contributed by atoms with Crippen molar-refractivity contribution in [3.63, 3.8) is 0 Å². The topological polar surface area (TPSA) is 59.4 Å². The summed E-state index contributed by atoms with van der Waals surface area (Å²) in [7, 11) is 1.90. The van der Waals surface area contributed by atoms with Gasteiger partial charge in [0.25, 0.3) is 5.91 Å². The summed E-state index contributed by atoms with van der Waals surface area (Å²) in [6, 6.07) is 8.10. The summed E-state index contributed by atoms with van der Waals surface area (Å²) in [5.41, 5.74) is 2.78. The number of hydrogen-bond acceptors (Lipinski definition) is 5. The molecule has 1 amide bonds. The maximum absolute atomic E-state index is 12.7. The molecule has 1 saturated heterocycles. The van der Waals surface area contributed by atoms with Crippen molar-refractivity contribution >= 4 is 39.7 Å². The standard InChI is InChI=1S/C19H22N4O2S/c1-3-14-11-13(12-26-14)19(24)20-18-17-15(22(2)21-18)5-4-6-16(17)23-7-9-25-10-8-23/h4-6,11-12H,3,7-10H2,1-2H3,(H,20,21,24). The molecule has 0 atom stereocenters. The third-order valence-electron chi connectivity index (χ3n) is 4.70. The third-order valence-corrected chi connectivity index (χ3v) is 5.79. The van der Waals surface area contributed by atoms with Crippen molar-refractivity contribution in [3.05, 3.63) is 40.1 Å². The first-order valence-corrected chi connectivity index (χ1v) is 9.72. The van der Waals surface area contributed by atoms with E-state index in [-0.39, 0.29) is 5.91 Å². The van der Waals surface area contributed by atoms with Crippen molar-refractivity contribution in [3.8, 4) is 0 Å². The second kappa shape index (κ2) is 7.09. The number of hydrogen-bond donors (Lipinski definition) is 1. The van der Waals surface area contributed by atoms with Crippen molar-refractivity contribution in [2.24, 2.45) is 7.05 Å². The Labute approximate surface area is 156 Å². The average molecular weight is 370 g/mol. The molecule has 1 aromatic carbocycles. The Morgan fingerprint density at radius 1 is 1.35 bits per heavy atom. The molecule has 0 aliphatic carbocycles. The van der Waals surface area contributed by atoms with Crippen molar-refractivity contribution in [2.75, 3.05) is 36.5 Å². The molecule has 26 heavy (non-hydrogen) atoms. The molecule has 0 radical (unpaired) electrons. The summed E-state index contributed by atoms with van der Waals surface area (Å²) in [5.74, 6) is 0.497. The third kappa shape index (κ3) is 3.08. The van der Waals surface area contributed by atoms with Crippen LogP contribution in [0.4, 0.5) is 11.5 Å². The molecule has 0 spiro atoms. The molecule has 1 fully saturated rings. The van der Waals surface area contributed by atoms with Crippen LogP contribution >= 0.6 is 11.3 Å². The van der Waals surface area contributed by atoms with E-state index in [9.17, 15) is 4.79 Å². The molecular weight excluding hydrogens is 348 g/mol. The molecule has 3 aromatic rings. The van der Waals surface area contributed by atoms with Crippen LogP contribution < -0.4 is 10.2 Å². The lowest BCUT2D eigenvalue weighted by atomic mass is 10.1. The van der Waals surface area contributed by atoms with Gasteiger partial charge in [0.05, 0.1) is 35.4 Å². The van der Waals surface area contributed by atoms with Crippen LogP contribution in [0.25, 0.3) is 10.9 Å². The van der Waals surface area contributed by atoms with Crippen LogP contribution in [-0.2, 0) is 18.2 Å². The maximum atomic E-state index is 12.7. The number of nitrogens with one attached hydrogen (secondary N) is 1. The number of carbonyl (C=O) groups excluding carboxylic acids is 1. The first kappa shape index (κ1) is 17.1. The van der Waals surface area contributed by atoms with Gasteiger partial charge in [-0.25, -0.2) is 0 Å². The molecular formula is C19H22N4O2S. The number of aromatic nitrogens is 2. The fourth-order valence-corrected chi connectivity index (χ4v) is 4.13. The van der Waals surface area contributed by atoms with Crippen LogP contribution in [0, 0.1) is 0 Å². The number of morpholine rings is 1. The van der Waals surface area contributed by atoms with Crippen LogP contribution in [0.1, 0.15) is 22.2 Å². The van der Waals surface area contributed by atoms with Gasteiger partial charge >= 0.3 is 0 Å². The number of aryl methyl sites for hydroxylation is 2. The predicted molar refractivity (Wildman–Crippen MR) is 105 cm³/mol. The number of ether oxygens (including phenoxy) is 1. The summed E-state index contributed by atoms with van der Waals surface area (Å²) in [4.78, 5) is 16.2. The molecule has 136 valence electrons. The normalized spacial score (nSPS) is 14.8. The van der Waals surface area contributed by atoms with Gasteiger partial charge in [0.1, 0.15) is 0 Å². The van der Waals surface area contributed by atoms with Gasteiger partial charge in [-0.1, -0.05) is 13.0 Å². The van der Waals surface area contributed by atoms with E-state index in [0.717, 1.165) is 36.1 Å². The summed E-state index contributed by atoms with van der Waals surface area (Å²) >= 11 is 1.61. The van der Waals surface area contributed by atoms with Gasteiger partial charge in [0, 0.05) is 30.4 Å². The summed E-state index contributed by atoms with van der Waals surface area (Å²) < 4.78 is 7.29. The first-order chi connectivity index (χ1) is 12.7. The summed E-state index contributed by atoms with van der Waals surface area (Å²) in [6.45, 7) is 5.20. The second-order valence-corrected chi connectivity index (χ2v) is 7.35. The molecule has 1 aliphatic rings. The highest BCUT2D eigenvalue weighted by Gasteiger charge is 2.20. The second-order valence-electron chi connectivity index (χ2n) is 6.35. The number of thiophene rings is 1. The number of amides is 1. The first-order valence-electron chi connectivity index (χ1n) is 8.84. The van der Waals surface area contributed by atoms with Gasteiger partial charge in [0.15, 0.2) is 5.82 Å². The Balaban J connectivity index is 1.71. The van der Waals surface area contributed by atoms with Crippen molar-refractivity contribution in [1.29, 1.82) is 0 Å². The highest BCUT2D eigenvalue weighted by molar-refractivity contribution is 7.10. The van der Waals surface area contributed by atoms with Gasteiger partial charge in [-0.3, -0.25) is 9.48 Å². The molecule has 4 rings (SSSR count). The average Bonchev–Trinajstić information content (AvgIpc) is 3.28. The Kier molecular flexibility index (Phi) is 4.65. The Hall–Kier alpha value is -2.38. The van der Waals surface area contributed by atoms with Crippen molar-refractivity contribution in [2.45, 2.75) is 13.3 Å². The largest absolute Gasteiger partial charge is 0.378 e. The Morgan fingerprint density at radius 3 is 2.88 bits per heavy atom. The monoisotopic (exact) mass is 370 g/mol. The molecule has 6 nitrogen and oxygen atoms in total. The van der Waals surface area contributed by atoms with Crippen molar-refractivity contribution in [1.82, 2.24) is 9.78 Å². The van der Waals surface area contributed by atoms with Crippen LogP contribution in [0.2, 0.25) is 0 Å². The van der Waals surface area contributed by atoms with Gasteiger partial charge in [0.2, 0.25) is 0 Å². The van der Waals surface area contributed by atoms with Gasteiger partial charge < -0.3 is 15.0 Å². The Morgan fingerprint density at radius 2 is 2.15 bits per heavy atom. The molecule has 1 aliphatic heterocycles. The molecule has 2 aromatic heterocycles. The van der Waals surface area contributed by atoms with Crippen LogP contribution in [0.15, 0.2) is 29.6 Å². The zero-order valence-corrected chi connectivity index (χ0v) is 15.8. The van der Waals surface area contributed by atoms with E-state index in [0.29, 0.717) is 24.6 Å². The van der Waals surface area contributed by atoms with Gasteiger partial charge in [-0.05, 0) is 24.6 Å². The predicted octanol–water partition coefficient (Wildman–Crippen LogP) is 3.29. The van der Waals surface area contributed by atoms with E-state index in [1.807, 2.05) is 35.3 Å². The summed E-state index contributed by atoms with van der Waals surface area (Å²) in [5, 5.41) is 10.5. The number of nitrogens with zero attached hydrogens (tertiary/aromatic N) is 3. The van der Waals surface area contributed by atoms with E-state index in [1.165, 1.54) is 4.88 Å². The number of carbonyl (C=O) groups is 1. The highest BCUT2D eigenvalue weighted by atomic mass is 32.1. The minimum absolute atomic E-state index is 0.113. The van der Waals surface area contributed by atoms with E-state index < -0.39 is 0 Å². The molecule has 0 unspecified atom stereocenters. The highest BCUT2D eigenvalue weighted by Crippen LogP contribution is 2.33. The zero-order chi connectivity index (χ0) is 18.1. The quantitative estimate of drug-likeness (QED) is 0.766. The summed E-state index contributed by atoms with van der Waals surface area (Å²) in [6.07, 6.45) is 0.936. The van der Waals surface area contributed by atoms with Gasteiger partial charge in [-0.15, -0.1) is 11.3 Å². The lowest BCUT2D eigenvalue weighted by molar-refractivity contribution is 0.102. The fourth-order valence-electron chi connectivity index (χ4n) is 3.31. The van der Waals surface area contributed by atoms with Crippen LogP contribution in [0.5, 0.6) is 0 Å². The van der Waals surface area contributed by atoms with E-state index in [2.05, 4.69) is 28.3 Å². The molecule has 3 heterocycles. The lowest BCUT2D eigenvalue weighted by Gasteiger charge is -2.29. The lowest BCUT2D eigenvalue weighted by Crippen LogP contribution is -2.36.